The lowest BCUT2D eigenvalue weighted by Crippen LogP contribution is -2.24. The molecule has 0 bridgehead atoms. The third kappa shape index (κ3) is 3.87. The lowest BCUT2D eigenvalue weighted by atomic mass is 10.1. The van der Waals surface area contributed by atoms with Gasteiger partial charge in [0.05, 0.1) is 21.4 Å². The van der Waals surface area contributed by atoms with Gasteiger partial charge in [-0.2, -0.15) is 0 Å². The first-order valence-electron chi connectivity index (χ1n) is 9.47. The molecule has 0 aliphatic carbocycles. The minimum atomic E-state index is -0.540. The summed E-state index contributed by atoms with van der Waals surface area (Å²) in [4.78, 5) is 40.0. The molecule has 29 heavy (non-hydrogen) atoms. The van der Waals surface area contributed by atoms with E-state index in [1.165, 1.54) is 12.1 Å². The lowest BCUT2D eigenvalue weighted by Gasteiger charge is -2.11. The summed E-state index contributed by atoms with van der Waals surface area (Å²) in [5, 5.41) is 11.2. The van der Waals surface area contributed by atoms with E-state index in [9.17, 15) is 19.7 Å². The minimum Gasteiger partial charge on any atom is -0.457 e. The van der Waals surface area contributed by atoms with Gasteiger partial charge in [-0.3, -0.25) is 19.5 Å². The Hall–Kier alpha value is -3.55. The summed E-state index contributed by atoms with van der Waals surface area (Å²) in [5.74, 6) is 0.221. The van der Waals surface area contributed by atoms with Gasteiger partial charge >= 0.3 is 5.97 Å². The van der Waals surface area contributed by atoms with Crippen LogP contribution in [0.3, 0.4) is 0 Å². The van der Waals surface area contributed by atoms with Crippen molar-refractivity contribution in [2.24, 2.45) is 0 Å². The molecule has 2 aromatic carbocycles. The highest BCUT2D eigenvalue weighted by Gasteiger charge is 2.16. The molecular formula is C21H19N3O5. The number of aryl methyl sites for hydroxylation is 1. The summed E-state index contributed by atoms with van der Waals surface area (Å²) >= 11 is 0. The molecule has 8 heteroatoms. The molecule has 0 spiro atoms. The number of carbonyl (C=O) groups excluding carboxylic acids is 1. The molecule has 148 valence electrons. The van der Waals surface area contributed by atoms with Crippen molar-refractivity contribution in [3.8, 4) is 0 Å². The van der Waals surface area contributed by atoms with E-state index in [4.69, 9.17) is 4.74 Å². The van der Waals surface area contributed by atoms with Crippen LogP contribution < -0.4 is 5.56 Å². The summed E-state index contributed by atoms with van der Waals surface area (Å²) in [6, 6.07) is 10.6. The molecule has 0 radical (unpaired) electrons. The summed E-state index contributed by atoms with van der Waals surface area (Å²) in [6.45, 7) is 0.672. The number of hydrogen-bond acceptors (Lipinski definition) is 6. The van der Waals surface area contributed by atoms with E-state index < -0.39 is 10.9 Å². The number of aromatic nitrogens is 2. The van der Waals surface area contributed by atoms with Crippen LogP contribution in [0.2, 0.25) is 0 Å². The van der Waals surface area contributed by atoms with Crippen molar-refractivity contribution in [2.45, 2.75) is 38.8 Å². The van der Waals surface area contributed by atoms with Crippen LogP contribution in [-0.2, 0) is 24.3 Å². The maximum atomic E-state index is 12.8. The molecule has 1 aliphatic rings. The number of fused-ring (bicyclic) bond motifs is 2. The maximum absolute atomic E-state index is 12.8. The number of nitro groups is 1. The summed E-state index contributed by atoms with van der Waals surface area (Å²) < 4.78 is 7.04. The van der Waals surface area contributed by atoms with E-state index in [-0.39, 0.29) is 17.9 Å². The van der Waals surface area contributed by atoms with Crippen molar-refractivity contribution in [1.29, 1.82) is 0 Å². The normalized spacial score (nSPS) is 13.5. The lowest BCUT2D eigenvalue weighted by molar-refractivity contribution is -0.384. The Bertz CT molecular complexity index is 1150. The molecule has 8 nitrogen and oxygen atoms in total. The predicted molar refractivity (Wildman–Crippen MR) is 106 cm³/mol. The second kappa shape index (κ2) is 7.83. The van der Waals surface area contributed by atoms with Gasteiger partial charge < -0.3 is 4.74 Å². The Morgan fingerprint density at radius 2 is 1.93 bits per heavy atom. The quantitative estimate of drug-likeness (QED) is 0.382. The number of nitrogens with zero attached hydrogens (tertiary/aromatic N) is 3. The molecular weight excluding hydrogens is 374 g/mol. The SMILES string of the molecule is O=C(OCc1ccc([N+](=O)[O-])cc1)c1ccc2c(=O)n3c(nc2c1)CCCCC3. The van der Waals surface area contributed by atoms with Crippen LogP contribution in [0.15, 0.2) is 47.3 Å². The number of benzene rings is 2. The number of non-ortho nitro benzene ring substituents is 1. The largest absolute Gasteiger partial charge is 0.457 e. The molecule has 0 fully saturated rings. The first-order valence-corrected chi connectivity index (χ1v) is 9.47. The van der Waals surface area contributed by atoms with Crippen LogP contribution >= 0.6 is 0 Å². The van der Waals surface area contributed by atoms with Gasteiger partial charge in [0.25, 0.3) is 11.2 Å². The monoisotopic (exact) mass is 393 g/mol. The van der Waals surface area contributed by atoms with Gasteiger partial charge in [0, 0.05) is 25.1 Å². The second-order valence-corrected chi connectivity index (χ2v) is 7.03. The van der Waals surface area contributed by atoms with Crippen LogP contribution in [0.25, 0.3) is 10.9 Å². The van der Waals surface area contributed by atoms with Gasteiger partial charge in [-0.05, 0) is 48.7 Å². The third-order valence-corrected chi connectivity index (χ3v) is 5.07. The van der Waals surface area contributed by atoms with Crippen molar-refractivity contribution < 1.29 is 14.5 Å². The molecule has 1 aromatic heterocycles. The first-order chi connectivity index (χ1) is 14.0. The number of hydrogen-bond donors (Lipinski definition) is 0. The zero-order valence-electron chi connectivity index (χ0n) is 15.7. The number of rotatable bonds is 4. The molecule has 1 aliphatic heterocycles. The third-order valence-electron chi connectivity index (χ3n) is 5.07. The molecule has 4 rings (SSSR count). The molecule has 0 N–H and O–H groups in total. The minimum absolute atomic E-state index is 0.00482. The van der Waals surface area contributed by atoms with Crippen LogP contribution in [0.4, 0.5) is 5.69 Å². The van der Waals surface area contributed by atoms with Gasteiger partial charge in [-0.15, -0.1) is 0 Å². The van der Waals surface area contributed by atoms with Crippen molar-refractivity contribution in [2.75, 3.05) is 0 Å². The van der Waals surface area contributed by atoms with Crippen molar-refractivity contribution >= 4 is 22.6 Å². The summed E-state index contributed by atoms with van der Waals surface area (Å²) in [7, 11) is 0. The molecule has 0 unspecified atom stereocenters. The number of nitro benzene ring substituents is 1. The van der Waals surface area contributed by atoms with Crippen molar-refractivity contribution in [3.63, 3.8) is 0 Å². The van der Waals surface area contributed by atoms with E-state index in [1.54, 1.807) is 34.9 Å². The first kappa shape index (κ1) is 18.8. The van der Waals surface area contributed by atoms with E-state index in [1.807, 2.05) is 0 Å². The number of esters is 1. The van der Waals surface area contributed by atoms with E-state index in [2.05, 4.69) is 4.98 Å². The van der Waals surface area contributed by atoms with Crippen LogP contribution in [0.5, 0.6) is 0 Å². The van der Waals surface area contributed by atoms with Crippen LogP contribution in [-0.4, -0.2) is 20.4 Å². The molecule has 2 heterocycles. The van der Waals surface area contributed by atoms with Gasteiger partial charge in [-0.25, -0.2) is 9.78 Å². The molecule has 0 atom stereocenters. The number of carbonyl (C=O) groups is 1. The maximum Gasteiger partial charge on any atom is 0.338 e. The van der Waals surface area contributed by atoms with Crippen molar-refractivity contribution in [3.05, 3.63) is 79.9 Å². The Kier molecular flexibility index (Phi) is 5.07. The van der Waals surface area contributed by atoms with Gasteiger partial charge in [0.2, 0.25) is 0 Å². The van der Waals surface area contributed by atoms with Gasteiger partial charge in [0.1, 0.15) is 12.4 Å². The standard InChI is InChI=1S/C21H19N3O5/c25-20-17-10-7-15(12-18(17)22-19-4-2-1-3-11-23(19)20)21(26)29-13-14-5-8-16(9-6-14)24(27)28/h5-10,12H,1-4,11,13H2. The Balaban J connectivity index is 1.55. The summed E-state index contributed by atoms with van der Waals surface area (Å²) in [5.41, 5.74) is 1.35. The topological polar surface area (TPSA) is 104 Å². The Morgan fingerprint density at radius 1 is 1.14 bits per heavy atom. The average Bonchev–Trinajstić information content (AvgIpc) is 2.97. The van der Waals surface area contributed by atoms with Crippen LogP contribution in [0, 0.1) is 10.1 Å². The summed E-state index contributed by atoms with van der Waals surface area (Å²) in [6.07, 6.45) is 3.78. The van der Waals surface area contributed by atoms with Crippen molar-refractivity contribution in [1.82, 2.24) is 9.55 Å². The average molecular weight is 393 g/mol. The zero-order valence-corrected chi connectivity index (χ0v) is 15.7. The van der Waals surface area contributed by atoms with E-state index >= 15 is 0 Å². The van der Waals surface area contributed by atoms with Gasteiger partial charge in [0.15, 0.2) is 0 Å². The van der Waals surface area contributed by atoms with E-state index in [0.717, 1.165) is 31.5 Å². The Labute approximate surface area is 165 Å². The zero-order chi connectivity index (χ0) is 20.4. The fourth-order valence-electron chi connectivity index (χ4n) is 3.49. The molecule has 0 saturated carbocycles. The van der Waals surface area contributed by atoms with Gasteiger partial charge in [-0.1, -0.05) is 6.42 Å². The fourth-order valence-corrected chi connectivity index (χ4v) is 3.49. The smallest absolute Gasteiger partial charge is 0.338 e. The fraction of sp³-hybridized carbons (Fsp3) is 0.286. The number of ether oxygens (including phenoxy) is 1. The molecule has 3 aromatic rings. The highest BCUT2D eigenvalue weighted by Crippen LogP contribution is 2.18. The predicted octanol–water partition coefficient (Wildman–Crippen LogP) is 3.39. The molecule has 0 amide bonds. The highest BCUT2D eigenvalue weighted by molar-refractivity contribution is 5.94. The highest BCUT2D eigenvalue weighted by atomic mass is 16.6. The van der Waals surface area contributed by atoms with Crippen LogP contribution in [0.1, 0.15) is 41.0 Å². The molecule has 0 saturated heterocycles. The Morgan fingerprint density at radius 3 is 2.69 bits per heavy atom. The second-order valence-electron chi connectivity index (χ2n) is 7.03. The van der Waals surface area contributed by atoms with E-state index in [0.29, 0.717) is 28.6 Å².